The summed E-state index contributed by atoms with van der Waals surface area (Å²) in [6.07, 6.45) is 3.04. The first-order valence-electron chi connectivity index (χ1n) is 7.01. The third-order valence-electron chi connectivity index (χ3n) is 2.60. The van der Waals surface area contributed by atoms with E-state index >= 15 is 0 Å². The minimum atomic E-state index is -0.388. The van der Waals surface area contributed by atoms with Crippen molar-refractivity contribution in [1.82, 2.24) is 0 Å². The van der Waals surface area contributed by atoms with Crippen LogP contribution in [0.25, 0.3) is 6.08 Å². The first kappa shape index (κ1) is 18.2. The van der Waals surface area contributed by atoms with E-state index in [1.54, 1.807) is 6.08 Å². The van der Waals surface area contributed by atoms with Gasteiger partial charge in [0.15, 0.2) is 0 Å². The maximum atomic E-state index is 11.0. The van der Waals surface area contributed by atoms with Crippen molar-refractivity contribution < 1.29 is 28.8 Å². The number of ether oxygens (including phenoxy) is 4. The first-order valence-corrected chi connectivity index (χ1v) is 7.01. The van der Waals surface area contributed by atoms with Crippen molar-refractivity contribution in [2.24, 2.45) is 0 Å². The molecule has 0 saturated heterocycles. The van der Waals surface area contributed by atoms with Gasteiger partial charge in [0.2, 0.25) is 0 Å². The Morgan fingerprint density at radius 3 is 2.32 bits per heavy atom. The van der Waals surface area contributed by atoms with E-state index in [1.807, 2.05) is 24.3 Å². The van der Waals surface area contributed by atoms with Crippen LogP contribution in [-0.2, 0) is 19.0 Å². The van der Waals surface area contributed by atoms with Gasteiger partial charge in [-0.05, 0) is 23.8 Å². The Hall–Kier alpha value is -1.89. The van der Waals surface area contributed by atoms with Gasteiger partial charge in [0.05, 0.1) is 40.1 Å². The van der Waals surface area contributed by atoms with Crippen LogP contribution in [0, 0.1) is 0 Å². The van der Waals surface area contributed by atoms with Gasteiger partial charge in [0, 0.05) is 6.08 Å². The zero-order chi connectivity index (χ0) is 16.0. The quantitative estimate of drug-likeness (QED) is 0.377. The highest BCUT2D eigenvalue weighted by molar-refractivity contribution is 5.86. The molecule has 0 amide bonds. The molecule has 0 aliphatic rings. The second-order valence-corrected chi connectivity index (χ2v) is 4.22. The highest BCUT2D eigenvalue weighted by atomic mass is 16.5. The molecular weight excluding hydrogens is 288 g/mol. The van der Waals surface area contributed by atoms with E-state index in [9.17, 15) is 4.79 Å². The number of aliphatic hydroxyl groups is 1. The summed E-state index contributed by atoms with van der Waals surface area (Å²) in [5.41, 5.74) is 0.884. The molecule has 0 atom stereocenters. The minimum absolute atomic E-state index is 0.0218. The molecule has 0 spiro atoms. The summed E-state index contributed by atoms with van der Waals surface area (Å²) < 4.78 is 20.4. The van der Waals surface area contributed by atoms with Crippen LogP contribution in [0.4, 0.5) is 0 Å². The van der Waals surface area contributed by atoms with E-state index < -0.39 is 0 Å². The van der Waals surface area contributed by atoms with Gasteiger partial charge in [0.25, 0.3) is 0 Å². The molecule has 0 bridgehead atoms. The predicted molar refractivity (Wildman–Crippen MR) is 81.7 cm³/mol. The largest absolute Gasteiger partial charge is 0.491 e. The zero-order valence-corrected chi connectivity index (χ0v) is 12.7. The lowest BCUT2D eigenvalue weighted by Crippen LogP contribution is -2.11. The smallest absolute Gasteiger partial charge is 0.330 e. The molecule has 1 N–H and O–H groups in total. The number of hydrogen-bond donors (Lipinski definition) is 1. The Balaban J connectivity index is 2.16. The molecule has 1 aromatic rings. The molecule has 0 aliphatic carbocycles. The number of hydrogen-bond acceptors (Lipinski definition) is 6. The van der Waals surface area contributed by atoms with Crippen molar-refractivity contribution in [2.45, 2.75) is 0 Å². The lowest BCUT2D eigenvalue weighted by atomic mass is 10.2. The Kier molecular flexibility index (Phi) is 9.69. The number of aliphatic hydroxyl groups excluding tert-OH is 1. The molecule has 0 aliphatic heterocycles. The number of rotatable bonds is 11. The summed E-state index contributed by atoms with van der Waals surface area (Å²) in [6, 6.07) is 7.33. The van der Waals surface area contributed by atoms with Gasteiger partial charge < -0.3 is 24.1 Å². The Morgan fingerprint density at radius 1 is 1.05 bits per heavy atom. The average molecular weight is 310 g/mol. The van der Waals surface area contributed by atoms with E-state index in [4.69, 9.17) is 19.3 Å². The fourth-order valence-electron chi connectivity index (χ4n) is 1.51. The van der Waals surface area contributed by atoms with E-state index in [0.717, 1.165) is 11.3 Å². The number of esters is 1. The molecule has 0 fully saturated rings. The third-order valence-corrected chi connectivity index (χ3v) is 2.60. The van der Waals surface area contributed by atoms with Crippen molar-refractivity contribution >= 4 is 12.0 Å². The molecule has 22 heavy (non-hydrogen) atoms. The summed E-state index contributed by atoms with van der Waals surface area (Å²) in [5, 5.41) is 8.51. The van der Waals surface area contributed by atoms with Gasteiger partial charge in [-0.1, -0.05) is 12.1 Å². The SMILES string of the molecule is COC(=O)/C=C/c1ccc(OCCOCCOCCO)cc1. The Labute approximate surface area is 130 Å². The molecule has 1 rings (SSSR count). The predicted octanol–water partition coefficient (Wildman–Crippen LogP) is 1.28. The molecule has 1 aromatic carbocycles. The van der Waals surface area contributed by atoms with Crippen LogP contribution >= 0.6 is 0 Å². The molecule has 0 saturated carbocycles. The van der Waals surface area contributed by atoms with Gasteiger partial charge in [-0.15, -0.1) is 0 Å². The molecule has 6 heteroatoms. The molecule has 6 nitrogen and oxygen atoms in total. The van der Waals surface area contributed by atoms with E-state index in [0.29, 0.717) is 33.0 Å². The van der Waals surface area contributed by atoms with Crippen LogP contribution < -0.4 is 4.74 Å². The van der Waals surface area contributed by atoms with E-state index in [2.05, 4.69) is 4.74 Å². The first-order chi connectivity index (χ1) is 10.8. The Morgan fingerprint density at radius 2 is 1.68 bits per heavy atom. The highest BCUT2D eigenvalue weighted by Crippen LogP contribution is 2.13. The Bertz CT molecular complexity index is 440. The van der Waals surface area contributed by atoms with Crippen LogP contribution in [0.1, 0.15) is 5.56 Å². The average Bonchev–Trinajstić information content (AvgIpc) is 2.56. The molecular formula is C16H22O6. The van der Waals surface area contributed by atoms with Crippen LogP contribution in [0.3, 0.4) is 0 Å². The van der Waals surface area contributed by atoms with Crippen LogP contribution in [0.2, 0.25) is 0 Å². The fraction of sp³-hybridized carbons (Fsp3) is 0.438. The molecule has 122 valence electrons. The molecule has 0 unspecified atom stereocenters. The summed E-state index contributed by atoms with van der Waals surface area (Å²) in [7, 11) is 1.34. The number of benzene rings is 1. The van der Waals surface area contributed by atoms with E-state index in [1.165, 1.54) is 13.2 Å². The second kappa shape index (κ2) is 11.7. The monoisotopic (exact) mass is 310 g/mol. The van der Waals surface area contributed by atoms with Gasteiger partial charge in [-0.2, -0.15) is 0 Å². The lowest BCUT2D eigenvalue weighted by molar-refractivity contribution is -0.134. The summed E-state index contributed by atoms with van der Waals surface area (Å²) in [5.74, 6) is 0.343. The van der Waals surface area contributed by atoms with Gasteiger partial charge >= 0.3 is 5.97 Å². The normalized spacial score (nSPS) is 10.8. The van der Waals surface area contributed by atoms with Crippen molar-refractivity contribution in [2.75, 3.05) is 46.8 Å². The topological polar surface area (TPSA) is 74.2 Å². The van der Waals surface area contributed by atoms with Crippen molar-refractivity contribution in [3.8, 4) is 5.75 Å². The zero-order valence-electron chi connectivity index (χ0n) is 12.7. The van der Waals surface area contributed by atoms with Crippen molar-refractivity contribution in [1.29, 1.82) is 0 Å². The second-order valence-electron chi connectivity index (χ2n) is 4.22. The lowest BCUT2D eigenvalue weighted by Gasteiger charge is -2.07. The number of methoxy groups -OCH3 is 1. The summed E-state index contributed by atoms with van der Waals surface area (Å²) in [4.78, 5) is 11.0. The van der Waals surface area contributed by atoms with Crippen LogP contribution in [-0.4, -0.2) is 57.8 Å². The van der Waals surface area contributed by atoms with Gasteiger partial charge in [0.1, 0.15) is 12.4 Å². The summed E-state index contributed by atoms with van der Waals surface area (Å²) >= 11 is 0. The van der Waals surface area contributed by atoms with Gasteiger partial charge in [-0.25, -0.2) is 4.79 Å². The van der Waals surface area contributed by atoms with Crippen molar-refractivity contribution in [3.05, 3.63) is 35.9 Å². The standard InChI is InChI=1S/C16H22O6/c1-19-16(18)7-4-14-2-5-15(6-3-14)22-13-12-21-11-10-20-9-8-17/h2-7,17H,8-13H2,1H3/b7-4+. The summed E-state index contributed by atoms with van der Waals surface area (Å²) in [6.45, 7) is 2.19. The van der Waals surface area contributed by atoms with Gasteiger partial charge in [-0.3, -0.25) is 0 Å². The fourth-order valence-corrected chi connectivity index (χ4v) is 1.51. The number of carbonyl (C=O) groups is 1. The molecule has 0 aromatic heterocycles. The third kappa shape index (κ3) is 8.41. The van der Waals surface area contributed by atoms with Crippen LogP contribution in [0.5, 0.6) is 5.75 Å². The van der Waals surface area contributed by atoms with Crippen LogP contribution in [0.15, 0.2) is 30.3 Å². The maximum absolute atomic E-state index is 11.0. The minimum Gasteiger partial charge on any atom is -0.491 e. The maximum Gasteiger partial charge on any atom is 0.330 e. The van der Waals surface area contributed by atoms with Crippen molar-refractivity contribution in [3.63, 3.8) is 0 Å². The van der Waals surface area contributed by atoms with E-state index in [-0.39, 0.29) is 12.6 Å². The highest BCUT2D eigenvalue weighted by Gasteiger charge is 1.96. The molecule has 0 radical (unpaired) electrons. The molecule has 0 heterocycles. The number of carbonyl (C=O) groups excluding carboxylic acids is 1.